The zero-order valence-corrected chi connectivity index (χ0v) is 10.4. The van der Waals surface area contributed by atoms with Gasteiger partial charge in [-0.2, -0.15) is 0 Å². The Bertz CT molecular complexity index is 415. The summed E-state index contributed by atoms with van der Waals surface area (Å²) in [5.74, 6) is -0.932. The van der Waals surface area contributed by atoms with Gasteiger partial charge >= 0.3 is 5.97 Å². The maximum absolute atomic E-state index is 12.0. The van der Waals surface area contributed by atoms with E-state index in [1.165, 1.54) is 16.2 Å². The van der Waals surface area contributed by atoms with E-state index in [-0.39, 0.29) is 11.8 Å². The van der Waals surface area contributed by atoms with Gasteiger partial charge < -0.3 is 10.0 Å². The molecule has 0 bridgehead atoms. The SMILES string of the molecule is CC1CCN(C(=O)Cc2cccs2)C1C(=O)O. The number of carboxylic acids is 1. The molecule has 5 heteroatoms. The van der Waals surface area contributed by atoms with Crippen molar-refractivity contribution in [3.8, 4) is 0 Å². The lowest BCUT2D eigenvalue weighted by atomic mass is 10.0. The normalized spacial score (nSPS) is 23.9. The predicted molar refractivity (Wildman–Crippen MR) is 64.9 cm³/mol. The molecule has 2 unspecified atom stereocenters. The molecular weight excluding hydrogens is 238 g/mol. The van der Waals surface area contributed by atoms with Crippen molar-refractivity contribution < 1.29 is 14.7 Å². The molecule has 2 heterocycles. The van der Waals surface area contributed by atoms with Crippen molar-refractivity contribution in [3.05, 3.63) is 22.4 Å². The fourth-order valence-electron chi connectivity index (χ4n) is 2.27. The number of carbonyl (C=O) groups excluding carboxylic acids is 1. The van der Waals surface area contributed by atoms with Crippen LogP contribution in [-0.2, 0) is 16.0 Å². The van der Waals surface area contributed by atoms with E-state index in [1.54, 1.807) is 0 Å². The minimum Gasteiger partial charge on any atom is -0.480 e. The first-order valence-electron chi connectivity index (χ1n) is 5.64. The molecule has 1 aromatic rings. The topological polar surface area (TPSA) is 57.6 Å². The number of aliphatic carboxylic acids is 1. The Morgan fingerprint density at radius 2 is 2.35 bits per heavy atom. The minimum atomic E-state index is -0.894. The molecule has 1 saturated heterocycles. The fraction of sp³-hybridized carbons (Fsp3) is 0.500. The Hall–Kier alpha value is -1.36. The predicted octanol–water partition coefficient (Wildman–Crippen LogP) is 1.61. The maximum Gasteiger partial charge on any atom is 0.326 e. The highest BCUT2D eigenvalue weighted by Gasteiger charge is 2.39. The van der Waals surface area contributed by atoms with E-state index in [0.717, 1.165) is 11.3 Å². The highest BCUT2D eigenvalue weighted by atomic mass is 32.1. The molecular formula is C12H15NO3S. The number of carboxylic acid groups (broad SMARTS) is 1. The Morgan fingerprint density at radius 1 is 1.59 bits per heavy atom. The number of hydrogen-bond acceptors (Lipinski definition) is 3. The molecule has 92 valence electrons. The van der Waals surface area contributed by atoms with E-state index in [1.807, 2.05) is 24.4 Å². The highest BCUT2D eigenvalue weighted by molar-refractivity contribution is 7.10. The van der Waals surface area contributed by atoms with Crippen molar-refractivity contribution in [2.24, 2.45) is 5.92 Å². The molecule has 1 aliphatic rings. The molecule has 0 radical (unpaired) electrons. The molecule has 1 amide bonds. The average molecular weight is 253 g/mol. The fourth-order valence-corrected chi connectivity index (χ4v) is 2.96. The molecule has 4 nitrogen and oxygen atoms in total. The number of carbonyl (C=O) groups is 2. The van der Waals surface area contributed by atoms with Gasteiger partial charge in [0.05, 0.1) is 6.42 Å². The van der Waals surface area contributed by atoms with Gasteiger partial charge in [0.2, 0.25) is 5.91 Å². The molecule has 0 aliphatic carbocycles. The first-order valence-corrected chi connectivity index (χ1v) is 6.52. The van der Waals surface area contributed by atoms with E-state index in [0.29, 0.717) is 13.0 Å². The number of likely N-dealkylation sites (tertiary alicyclic amines) is 1. The molecule has 0 saturated carbocycles. The second kappa shape index (κ2) is 4.87. The van der Waals surface area contributed by atoms with Crippen molar-refractivity contribution >= 4 is 23.2 Å². The third kappa shape index (κ3) is 2.49. The van der Waals surface area contributed by atoms with Crippen LogP contribution in [0.3, 0.4) is 0 Å². The standard InChI is InChI=1S/C12H15NO3S/c1-8-4-5-13(11(8)12(15)16)10(14)7-9-3-2-6-17-9/h2-3,6,8,11H,4-5,7H2,1H3,(H,15,16). The van der Waals surface area contributed by atoms with Gasteiger partial charge in [0.25, 0.3) is 0 Å². The van der Waals surface area contributed by atoms with Gasteiger partial charge in [-0.25, -0.2) is 4.79 Å². The third-order valence-electron chi connectivity index (χ3n) is 3.18. The van der Waals surface area contributed by atoms with E-state index in [2.05, 4.69) is 0 Å². The first kappa shape index (κ1) is 12.1. The molecule has 1 N–H and O–H groups in total. The Balaban J connectivity index is 2.06. The molecule has 2 atom stereocenters. The zero-order chi connectivity index (χ0) is 12.4. The Morgan fingerprint density at radius 3 is 2.94 bits per heavy atom. The summed E-state index contributed by atoms with van der Waals surface area (Å²) >= 11 is 1.53. The van der Waals surface area contributed by atoms with Crippen molar-refractivity contribution in [1.29, 1.82) is 0 Å². The Kier molecular flexibility index (Phi) is 3.47. The van der Waals surface area contributed by atoms with E-state index < -0.39 is 12.0 Å². The molecule has 1 aromatic heterocycles. The van der Waals surface area contributed by atoms with Crippen LogP contribution < -0.4 is 0 Å². The van der Waals surface area contributed by atoms with Crippen LogP contribution in [0.25, 0.3) is 0 Å². The molecule has 17 heavy (non-hydrogen) atoms. The van der Waals surface area contributed by atoms with Crippen LogP contribution in [0.5, 0.6) is 0 Å². The molecule has 2 rings (SSSR count). The summed E-state index contributed by atoms with van der Waals surface area (Å²) in [5, 5.41) is 11.1. The van der Waals surface area contributed by atoms with E-state index in [4.69, 9.17) is 5.11 Å². The molecule has 1 fully saturated rings. The number of hydrogen-bond donors (Lipinski definition) is 1. The van der Waals surface area contributed by atoms with Crippen LogP contribution >= 0.6 is 11.3 Å². The summed E-state index contributed by atoms with van der Waals surface area (Å²) < 4.78 is 0. The van der Waals surface area contributed by atoms with Crippen LogP contribution in [0.4, 0.5) is 0 Å². The zero-order valence-electron chi connectivity index (χ0n) is 9.63. The van der Waals surface area contributed by atoms with Crippen LogP contribution in [0, 0.1) is 5.92 Å². The molecule has 0 aromatic carbocycles. The first-order chi connectivity index (χ1) is 8.09. The quantitative estimate of drug-likeness (QED) is 0.890. The minimum absolute atomic E-state index is 0.0415. The van der Waals surface area contributed by atoms with Gasteiger partial charge in [-0.3, -0.25) is 4.79 Å². The average Bonchev–Trinajstić information content (AvgIpc) is 2.86. The number of thiophene rings is 1. The summed E-state index contributed by atoms with van der Waals surface area (Å²) in [7, 11) is 0. The lowest BCUT2D eigenvalue weighted by molar-refractivity contribution is -0.149. The van der Waals surface area contributed by atoms with Gasteiger partial charge in [0.1, 0.15) is 6.04 Å². The van der Waals surface area contributed by atoms with Gasteiger partial charge in [-0.1, -0.05) is 13.0 Å². The van der Waals surface area contributed by atoms with Crippen LogP contribution in [0.1, 0.15) is 18.2 Å². The number of amides is 1. The van der Waals surface area contributed by atoms with Gasteiger partial charge in [0, 0.05) is 11.4 Å². The lowest BCUT2D eigenvalue weighted by Crippen LogP contribution is -2.43. The third-order valence-corrected chi connectivity index (χ3v) is 4.06. The smallest absolute Gasteiger partial charge is 0.326 e. The largest absolute Gasteiger partial charge is 0.480 e. The van der Waals surface area contributed by atoms with Crippen molar-refractivity contribution in [1.82, 2.24) is 4.90 Å². The molecule has 1 aliphatic heterocycles. The van der Waals surface area contributed by atoms with Crippen LogP contribution in [-0.4, -0.2) is 34.5 Å². The summed E-state index contributed by atoms with van der Waals surface area (Å²) in [4.78, 5) is 25.7. The van der Waals surface area contributed by atoms with Crippen molar-refractivity contribution in [2.75, 3.05) is 6.54 Å². The Labute approximate surface area is 104 Å². The summed E-state index contributed by atoms with van der Waals surface area (Å²) in [6, 6.07) is 3.15. The van der Waals surface area contributed by atoms with Crippen molar-refractivity contribution in [3.63, 3.8) is 0 Å². The van der Waals surface area contributed by atoms with Gasteiger partial charge in [0.15, 0.2) is 0 Å². The van der Waals surface area contributed by atoms with E-state index in [9.17, 15) is 9.59 Å². The van der Waals surface area contributed by atoms with E-state index >= 15 is 0 Å². The van der Waals surface area contributed by atoms with Gasteiger partial charge in [-0.15, -0.1) is 11.3 Å². The monoisotopic (exact) mass is 253 g/mol. The highest BCUT2D eigenvalue weighted by Crippen LogP contribution is 2.25. The van der Waals surface area contributed by atoms with Gasteiger partial charge in [-0.05, 0) is 23.8 Å². The second-order valence-corrected chi connectivity index (χ2v) is 5.42. The summed E-state index contributed by atoms with van der Waals surface area (Å²) in [6.07, 6.45) is 1.08. The lowest BCUT2D eigenvalue weighted by Gasteiger charge is -2.23. The number of nitrogens with zero attached hydrogens (tertiary/aromatic N) is 1. The second-order valence-electron chi connectivity index (χ2n) is 4.39. The maximum atomic E-state index is 12.0. The molecule has 0 spiro atoms. The van der Waals surface area contributed by atoms with Crippen LogP contribution in [0.2, 0.25) is 0 Å². The van der Waals surface area contributed by atoms with Crippen molar-refractivity contribution in [2.45, 2.75) is 25.8 Å². The number of rotatable bonds is 3. The van der Waals surface area contributed by atoms with Crippen LogP contribution in [0.15, 0.2) is 17.5 Å². The summed E-state index contributed by atoms with van der Waals surface area (Å²) in [5.41, 5.74) is 0. The summed E-state index contributed by atoms with van der Waals surface area (Å²) in [6.45, 7) is 2.44.